The normalized spacial score (nSPS) is 11.5. The molecule has 202 valence electrons. The lowest BCUT2D eigenvalue weighted by Gasteiger charge is -2.15. The molecule has 0 aliphatic carbocycles. The molecule has 0 saturated carbocycles. The number of carbonyl (C=O) groups is 2. The number of hydrogen-bond donors (Lipinski definition) is 4. The number of anilines is 1. The van der Waals surface area contributed by atoms with Crippen LogP contribution in [-0.4, -0.2) is 41.7 Å². The van der Waals surface area contributed by atoms with Gasteiger partial charge in [-0.05, 0) is 37.0 Å². The second-order valence-electron chi connectivity index (χ2n) is 7.59. The maximum Gasteiger partial charge on any atom is 0.469 e. The van der Waals surface area contributed by atoms with Gasteiger partial charge in [0, 0.05) is 18.4 Å². The molecule has 2 rings (SSSR count). The molecule has 0 radical (unpaired) electrons. The number of amidine groups is 1. The summed E-state index contributed by atoms with van der Waals surface area (Å²) in [4.78, 5) is 24.4. The van der Waals surface area contributed by atoms with Crippen molar-refractivity contribution in [2.45, 2.75) is 43.9 Å². The summed E-state index contributed by atoms with van der Waals surface area (Å²) >= 11 is 0. The third kappa shape index (κ3) is 9.13. The van der Waals surface area contributed by atoms with Crippen molar-refractivity contribution in [3.63, 3.8) is 0 Å². The molecule has 15 heteroatoms. The SMILES string of the molecule is CCC(=O)OS(=O)(=O)ONS(=O)(=O)c1cccc(NC(=O)CCCCc2ccc(C(=N)N)cc2)c1OC. The minimum absolute atomic E-state index is 0.0126. The van der Waals surface area contributed by atoms with Crippen molar-refractivity contribution in [2.75, 3.05) is 12.4 Å². The van der Waals surface area contributed by atoms with Gasteiger partial charge in [-0.1, -0.05) is 42.1 Å². The van der Waals surface area contributed by atoms with Crippen LogP contribution >= 0.6 is 0 Å². The summed E-state index contributed by atoms with van der Waals surface area (Å²) in [5.41, 5.74) is 7.14. The monoisotopic (exact) mass is 556 g/mol. The van der Waals surface area contributed by atoms with Gasteiger partial charge in [0.2, 0.25) is 5.91 Å². The smallest absolute Gasteiger partial charge is 0.469 e. The molecule has 0 aromatic heterocycles. The summed E-state index contributed by atoms with van der Waals surface area (Å²) in [7, 11) is -8.46. The van der Waals surface area contributed by atoms with Crippen LogP contribution in [-0.2, 0) is 44.9 Å². The fraction of sp³-hybridized carbons (Fsp3) is 0.318. The molecular weight excluding hydrogens is 528 g/mol. The number of ether oxygens (including phenoxy) is 1. The van der Waals surface area contributed by atoms with Crippen molar-refractivity contribution >= 4 is 43.8 Å². The van der Waals surface area contributed by atoms with Gasteiger partial charge in [-0.15, -0.1) is 4.28 Å². The quantitative estimate of drug-likeness (QED) is 0.115. The first-order valence-corrected chi connectivity index (χ1v) is 13.8. The third-order valence-corrected chi connectivity index (χ3v) is 6.85. The number of carbonyl (C=O) groups excluding carboxylic acids is 2. The molecule has 0 aliphatic rings. The van der Waals surface area contributed by atoms with Crippen LogP contribution in [0.5, 0.6) is 5.75 Å². The maximum absolute atomic E-state index is 12.6. The molecule has 2 aromatic carbocycles. The molecule has 5 N–H and O–H groups in total. The Morgan fingerprint density at radius 3 is 2.30 bits per heavy atom. The zero-order valence-electron chi connectivity index (χ0n) is 20.1. The van der Waals surface area contributed by atoms with E-state index in [2.05, 4.69) is 13.8 Å². The van der Waals surface area contributed by atoms with Crippen molar-refractivity contribution in [2.24, 2.45) is 5.73 Å². The number of rotatable bonds is 14. The Hall–Kier alpha value is -3.53. The van der Waals surface area contributed by atoms with E-state index in [1.165, 1.54) is 31.1 Å². The number of nitrogen functional groups attached to an aromatic ring is 1. The average Bonchev–Trinajstić information content (AvgIpc) is 2.85. The molecule has 37 heavy (non-hydrogen) atoms. The molecule has 1 amide bonds. The minimum Gasteiger partial charge on any atom is -0.493 e. The lowest BCUT2D eigenvalue weighted by molar-refractivity contribution is -0.134. The number of nitrogens with one attached hydrogen (secondary N) is 3. The predicted molar refractivity (Wildman–Crippen MR) is 133 cm³/mol. The summed E-state index contributed by atoms with van der Waals surface area (Å²) in [6.07, 6.45) is 1.83. The van der Waals surface area contributed by atoms with Gasteiger partial charge in [-0.2, -0.15) is 8.42 Å². The first-order valence-electron chi connectivity index (χ1n) is 11.0. The van der Waals surface area contributed by atoms with Gasteiger partial charge in [0.15, 0.2) is 5.75 Å². The van der Waals surface area contributed by atoms with Crippen molar-refractivity contribution in [3.05, 3.63) is 53.6 Å². The molecule has 0 heterocycles. The first kappa shape index (κ1) is 29.7. The molecule has 0 saturated heterocycles. The van der Waals surface area contributed by atoms with Crippen LogP contribution in [0.25, 0.3) is 0 Å². The van der Waals surface area contributed by atoms with E-state index in [0.29, 0.717) is 24.8 Å². The van der Waals surface area contributed by atoms with Crippen LogP contribution < -0.4 is 20.7 Å². The standard InChI is InChI=1S/C22H28N4O9S2/c1-3-20(28)34-37(31,32)35-26-36(29,30)18-9-6-8-17(21(18)33-2)25-19(27)10-5-4-7-15-11-13-16(14-12-15)22(23)24/h6,8-9,11-14,26H,3-5,7,10H2,1-2H3,(H3,23,24)(H,25,27). The number of para-hydroxylation sites is 1. The van der Waals surface area contributed by atoms with E-state index >= 15 is 0 Å². The highest BCUT2D eigenvalue weighted by atomic mass is 32.3. The molecule has 0 unspecified atom stereocenters. The van der Waals surface area contributed by atoms with Crippen LogP contribution in [0.1, 0.15) is 43.7 Å². The molecule has 0 atom stereocenters. The lowest BCUT2D eigenvalue weighted by Crippen LogP contribution is -2.29. The summed E-state index contributed by atoms with van der Waals surface area (Å²) in [5.74, 6) is -1.81. The van der Waals surface area contributed by atoms with Gasteiger partial charge in [0.1, 0.15) is 10.7 Å². The number of amides is 1. The van der Waals surface area contributed by atoms with Gasteiger partial charge < -0.3 is 20.0 Å². The number of nitrogens with two attached hydrogens (primary N) is 1. The first-order chi connectivity index (χ1) is 17.4. The topological polar surface area (TPSA) is 204 Å². The van der Waals surface area contributed by atoms with Crippen LogP contribution in [0, 0.1) is 5.41 Å². The highest BCUT2D eigenvalue weighted by molar-refractivity contribution is 7.90. The highest BCUT2D eigenvalue weighted by Gasteiger charge is 2.27. The molecule has 0 aliphatic heterocycles. The Morgan fingerprint density at radius 1 is 1.03 bits per heavy atom. The lowest BCUT2D eigenvalue weighted by atomic mass is 10.0. The summed E-state index contributed by atoms with van der Waals surface area (Å²) in [6.45, 7) is 1.34. The Labute approximate surface area is 215 Å². The van der Waals surface area contributed by atoms with Crippen LogP contribution in [0.15, 0.2) is 47.4 Å². The van der Waals surface area contributed by atoms with Crippen LogP contribution in [0.4, 0.5) is 5.69 Å². The zero-order chi connectivity index (χ0) is 27.6. The van der Waals surface area contributed by atoms with Gasteiger partial charge >= 0.3 is 16.4 Å². The van der Waals surface area contributed by atoms with Crippen LogP contribution in [0.2, 0.25) is 0 Å². The highest BCUT2D eigenvalue weighted by Crippen LogP contribution is 2.32. The van der Waals surface area contributed by atoms with E-state index in [4.69, 9.17) is 15.9 Å². The van der Waals surface area contributed by atoms with Crippen molar-refractivity contribution in [1.82, 2.24) is 4.89 Å². The Balaban J connectivity index is 1.99. The molecular formula is C22H28N4O9S2. The van der Waals surface area contributed by atoms with E-state index in [-0.39, 0.29) is 30.1 Å². The number of benzene rings is 2. The Morgan fingerprint density at radius 2 is 1.70 bits per heavy atom. The van der Waals surface area contributed by atoms with Crippen molar-refractivity contribution < 1.29 is 39.6 Å². The largest absolute Gasteiger partial charge is 0.493 e. The molecule has 0 spiro atoms. The number of hydrogen-bond acceptors (Lipinski definition) is 10. The fourth-order valence-electron chi connectivity index (χ4n) is 3.04. The van der Waals surface area contributed by atoms with Crippen LogP contribution in [0.3, 0.4) is 0 Å². The summed E-state index contributed by atoms with van der Waals surface area (Å²) in [6, 6.07) is 11.1. The number of unbranched alkanes of at least 4 members (excludes halogenated alkanes) is 1. The number of methoxy groups -OCH3 is 1. The fourth-order valence-corrected chi connectivity index (χ4v) is 4.89. The Bertz CT molecular complexity index is 1340. The predicted octanol–water partition coefficient (Wildman–Crippen LogP) is 1.74. The summed E-state index contributed by atoms with van der Waals surface area (Å²) < 4.78 is 61.7. The van der Waals surface area contributed by atoms with Crippen molar-refractivity contribution in [1.29, 1.82) is 5.41 Å². The van der Waals surface area contributed by atoms with E-state index in [0.717, 1.165) is 11.6 Å². The van der Waals surface area contributed by atoms with Gasteiger partial charge in [-0.3, -0.25) is 15.0 Å². The van der Waals surface area contributed by atoms with Gasteiger partial charge in [0.05, 0.1) is 12.8 Å². The maximum atomic E-state index is 12.6. The van der Waals surface area contributed by atoms with E-state index < -0.39 is 37.2 Å². The second kappa shape index (κ2) is 13.1. The van der Waals surface area contributed by atoms with E-state index in [1.807, 2.05) is 12.1 Å². The number of aryl methyl sites for hydroxylation is 1. The second-order valence-corrected chi connectivity index (χ2v) is 10.4. The minimum atomic E-state index is -4.99. The summed E-state index contributed by atoms with van der Waals surface area (Å²) in [5, 5.41) is 9.98. The molecule has 0 bridgehead atoms. The molecule has 13 nitrogen and oxygen atoms in total. The van der Waals surface area contributed by atoms with E-state index in [1.54, 1.807) is 12.1 Å². The third-order valence-electron chi connectivity index (χ3n) is 4.86. The van der Waals surface area contributed by atoms with Gasteiger partial charge in [-0.25, -0.2) is 8.42 Å². The van der Waals surface area contributed by atoms with E-state index in [9.17, 15) is 26.4 Å². The van der Waals surface area contributed by atoms with Crippen molar-refractivity contribution in [3.8, 4) is 5.75 Å². The zero-order valence-corrected chi connectivity index (χ0v) is 21.8. The van der Waals surface area contributed by atoms with Gasteiger partial charge in [0.25, 0.3) is 10.0 Å². The Kier molecular flexibility index (Phi) is 10.5. The number of sulfonamides is 1. The average molecular weight is 557 g/mol. The molecule has 2 aromatic rings. The molecule has 0 fully saturated rings.